The zero-order valence-corrected chi connectivity index (χ0v) is 20.0. The summed E-state index contributed by atoms with van der Waals surface area (Å²) in [6, 6.07) is 8.35. The summed E-state index contributed by atoms with van der Waals surface area (Å²) >= 11 is 0. The topological polar surface area (TPSA) is 119 Å². The molecule has 0 unspecified atom stereocenters. The fourth-order valence-corrected chi connectivity index (χ4v) is 4.96. The van der Waals surface area contributed by atoms with Gasteiger partial charge in [-0.2, -0.15) is 0 Å². The molecule has 1 aliphatic heterocycles. The number of hydrogen-bond donors (Lipinski definition) is 1. The third-order valence-electron chi connectivity index (χ3n) is 5.80. The highest BCUT2D eigenvalue weighted by Gasteiger charge is 2.44. The Morgan fingerprint density at radius 1 is 1.15 bits per heavy atom. The maximum atomic E-state index is 13.5. The van der Waals surface area contributed by atoms with Crippen LogP contribution < -0.4 is 14.8 Å². The van der Waals surface area contributed by atoms with Crippen LogP contribution in [0.25, 0.3) is 0 Å². The van der Waals surface area contributed by atoms with E-state index in [2.05, 4.69) is 5.32 Å². The molecule has 4 rings (SSSR count). The van der Waals surface area contributed by atoms with Crippen molar-refractivity contribution in [3.05, 3.63) is 53.1 Å². The molecule has 0 saturated heterocycles. The lowest BCUT2D eigenvalue weighted by atomic mass is 10.1. The number of methoxy groups -OCH3 is 1. The molecule has 0 aromatic heterocycles. The summed E-state index contributed by atoms with van der Waals surface area (Å²) < 4.78 is 35.6. The van der Waals surface area contributed by atoms with E-state index in [1.807, 2.05) is 0 Å². The monoisotopic (exact) mass is 486 g/mol. The van der Waals surface area contributed by atoms with Gasteiger partial charge >= 0.3 is 0 Å². The van der Waals surface area contributed by atoms with Gasteiger partial charge in [0.25, 0.3) is 11.8 Å². The SMILES string of the molecule is CCOc1cc([C@H](CS(C)(=O)=O)N2C(=O)c3cccc(NC(=O)C4CC4)c3C2=O)ccc1OC. The van der Waals surface area contributed by atoms with Gasteiger partial charge in [0.1, 0.15) is 9.84 Å². The Morgan fingerprint density at radius 3 is 2.50 bits per heavy atom. The summed E-state index contributed by atoms with van der Waals surface area (Å²) in [5.41, 5.74) is 0.847. The maximum absolute atomic E-state index is 13.5. The lowest BCUT2D eigenvalue weighted by Crippen LogP contribution is -2.37. The minimum atomic E-state index is -3.60. The van der Waals surface area contributed by atoms with E-state index in [-0.39, 0.29) is 28.6 Å². The Balaban J connectivity index is 1.76. The molecule has 9 nitrogen and oxygen atoms in total. The van der Waals surface area contributed by atoms with Gasteiger partial charge in [-0.1, -0.05) is 12.1 Å². The first-order chi connectivity index (χ1) is 16.1. The number of sulfone groups is 1. The molecule has 1 saturated carbocycles. The van der Waals surface area contributed by atoms with Crippen LogP contribution in [0.1, 0.15) is 52.1 Å². The van der Waals surface area contributed by atoms with Gasteiger partial charge in [0.2, 0.25) is 5.91 Å². The van der Waals surface area contributed by atoms with Gasteiger partial charge in [-0.05, 0) is 49.6 Å². The fourth-order valence-electron chi connectivity index (χ4n) is 4.05. The van der Waals surface area contributed by atoms with Crippen LogP contribution in [0.2, 0.25) is 0 Å². The van der Waals surface area contributed by atoms with E-state index in [4.69, 9.17) is 9.47 Å². The first kappa shape index (κ1) is 23.7. The van der Waals surface area contributed by atoms with E-state index in [0.717, 1.165) is 24.0 Å². The molecule has 2 aromatic carbocycles. The third kappa shape index (κ3) is 4.63. The summed E-state index contributed by atoms with van der Waals surface area (Å²) in [7, 11) is -2.12. The largest absolute Gasteiger partial charge is 0.493 e. The lowest BCUT2D eigenvalue weighted by Gasteiger charge is -2.27. The van der Waals surface area contributed by atoms with Gasteiger partial charge in [-0.15, -0.1) is 0 Å². The summed E-state index contributed by atoms with van der Waals surface area (Å²) in [6.07, 6.45) is 2.62. The molecule has 0 bridgehead atoms. The average molecular weight is 487 g/mol. The van der Waals surface area contributed by atoms with Crippen LogP contribution in [0.15, 0.2) is 36.4 Å². The Hall–Kier alpha value is -3.40. The summed E-state index contributed by atoms with van der Waals surface area (Å²) in [5.74, 6) is -1.23. The molecule has 1 heterocycles. The van der Waals surface area contributed by atoms with Crippen molar-refractivity contribution in [3.63, 3.8) is 0 Å². The molecule has 3 amide bonds. The molecule has 0 radical (unpaired) electrons. The maximum Gasteiger partial charge on any atom is 0.264 e. The number of anilines is 1. The second-order valence-electron chi connectivity index (χ2n) is 8.42. The van der Waals surface area contributed by atoms with Gasteiger partial charge in [0.05, 0.1) is 42.3 Å². The molecular weight excluding hydrogens is 460 g/mol. The quantitative estimate of drug-likeness (QED) is 0.541. The zero-order valence-electron chi connectivity index (χ0n) is 19.2. The van der Waals surface area contributed by atoms with Crippen molar-refractivity contribution in [2.45, 2.75) is 25.8 Å². The van der Waals surface area contributed by atoms with Crippen LogP contribution in [-0.4, -0.2) is 56.8 Å². The van der Waals surface area contributed by atoms with E-state index in [1.165, 1.54) is 13.2 Å². The number of ether oxygens (including phenoxy) is 2. The Kier molecular flexibility index (Phi) is 6.35. The number of imide groups is 1. The van der Waals surface area contributed by atoms with Crippen molar-refractivity contribution in [3.8, 4) is 11.5 Å². The van der Waals surface area contributed by atoms with Crippen molar-refractivity contribution in [2.24, 2.45) is 5.92 Å². The average Bonchev–Trinajstić information content (AvgIpc) is 3.60. The van der Waals surface area contributed by atoms with Crippen LogP contribution in [0.3, 0.4) is 0 Å². The summed E-state index contributed by atoms with van der Waals surface area (Å²) in [4.78, 5) is 40.2. The van der Waals surface area contributed by atoms with Gasteiger partial charge in [-0.3, -0.25) is 19.3 Å². The highest BCUT2D eigenvalue weighted by molar-refractivity contribution is 7.90. The fraction of sp³-hybridized carbons (Fsp3) is 0.375. The molecule has 1 aliphatic carbocycles. The Bertz CT molecular complexity index is 1270. The first-order valence-corrected chi connectivity index (χ1v) is 13.0. The normalized spacial score (nSPS) is 16.3. The van der Waals surface area contributed by atoms with E-state index in [1.54, 1.807) is 37.3 Å². The molecule has 1 atom stereocenters. The minimum Gasteiger partial charge on any atom is -0.493 e. The van der Waals surface area contributed by atoms with Crippen molar-refractivity contribution >= 4 is 33.2 Å². The zero-order chi connectivity index (χ0) is 24.6. The standard InChI is InChI=1S/C24H26N2O7S/c1-4-33-20-12-15(10-11-19(20)32-2)18(13-34(3,30)31)26-23(28)16-6-5-7-17(21(16)24(26)29)25-22(27)14-8-9-14/h5-7,10-12,14,18H,4,8-9,13H2,1-3H3,(H,25,27)/t18-/m0/s1. The third-order valence-corrected chi connectivity index (χ3v) is 6.72. The number of nitrogens with zero attached hydrogens (tertiary/aromatic N) is 1. The van der Waals surface area contributed by atoms with Gasteiger partial charge in [0.15, 0.2) is 11.5 Å². The number of fused-ring (bicyclic) bond motifs is 1. The Labute approximate surface area is 198 Å². The smallest absolute Gasteiger partial charge is 0.264 e. The van der Waals surface area contributed by atoms with Crippen molar-refractivity contribution < 1.29 is 32.3 Å². The van der Waals surface area contributed by atoms with Crippen LogP contribution in [0, 0.1) is 5.92 Å². The van der Waals surface area contributed by atoms with Crippen LogP contribution in [0.5, 0.6) is 11.5 Å². The first-order valence-electron chi connectivity index (χ1n) is 10.9. The highest BCUT2D eigenvalue weighted by Crippen LogP contribution is 2.39. The predicted molar refractivity (Wildman–Crippen MR) is 125 cm³/mol. The number of benzene rings is 2. The highest BCUT2D eigenvalue weighted by atomic mass is 32.2. The van der Waals surface area contributed by atoms with Crippen molar-refractivity contribution in [1.82, 2.24) is 4.90 Å². The number of amides is 3. The van der Waals surface area contributed by atoms with Gasteiger partial charge in [0, 0.05) is 12.2 Å². The summed E-state index contributed by atoms with van der Waals surface area (Å²) in [5, 5.41) is 2.75. The van der Waals surface area contributed by atoms with E-state index in [0.29, 0.717) is 23.7 Å². The number of carbonyl (C=O) groups is 3. The number of nitrogens with one attached hydrogen (secondary N) is 1. The molecular formula is C24H26N2O7S. The number of hydrogen-bond acceptors (Lipinski definition) is 7. The number of carbonyl (C=O) groups excluding carboxylic acids is 3. The van der Waals surface area contributed by atoms with E-state index in [9.17, 15) is 22.8 Å². The second-order valence-corrected chi connectivity index (χ2v) is 10.6. The van der Waals surface area contributed by atoms with E-state index >= 15 is 0 Å². The predicted octanol–water partition coefficient (Wildman–Crippen LogP) is 2.82. The molecule has 34 heavy (non-hydrogen) atoms. The molecule has 10 heteroatoms. The molecule has 2 aromatic rings. The summed E-state index contributed by atoms with van der Waals surface area (Å²) in [6.45, 7) is 2.13. The van der Waals surface area contributed by atoms with Gasteiger partial charge < -0.3 is 14.8 Å². The number of rotatable bonds is 9. The molecule has 180 valence electrons. The van der Waals surface area contributed by atoms with Crippen LogP contribution >= 0.6 is 0 Å². The van der Waals surface area contributed by atoms with Crippen molar-refractivity contribution in [2.75, 3.05) is 31.0 Å². The molecule has 2 aliphatic rings. The second kappa shape index (κ2) is 9.09. The molecule has 0 spiro atoms. The Morgan fingerprint density at radius 2 is 1.88 bits per heavy atom. The van der Waals surface area contributed by atoms with Crippen molar-refractivity contribution in [1.29, 1.82) is 0 Å². The lowest BCUT2D eigenvalue weighted by molar-refractivity contribution is -0.117. The molecule has 1 N–H and O–H groups in total. The van der Waals surface area contributed by atoms with Crippen LogP contribution in [0.4, 0.5) is 5.69 Å². The molecule has 1 fully saturated rings. The van der Waals surface area contributed by atoms with Gasteiger partial charge in [-0.25, -0.2) is 8.42 Å². The van der Waals surface area contributed by atoms with E-state index < -0.39 is 33.4 Å². The minimum absolute atomic E-state index is 0.0681. The van der Waals surface area contributed by atoms with Crippen LogP contribution in [-0.2, 0) is 14.6 Å².